The van der Waals surface area contributed by atoms with Crippen molar-refractivity contribution >= 4 is 11.6 Å². The number of nitrogens with zero attached hydrogens (tertiary/aromatic N) is 1. The highest BCUT2D eigenvalue weighted by atomic mass is 16.2. The van der Waals surface area contributed by atoms with E-state index in [9.17, 15) is 4.79 Å². The van der Waals surface area contributed by atoms with Crippen molar-refractivity contribution < 1.29 is 4.79 Å². The summed E-state index contributed by atoms with van der Waals surface area (Å²) >= 11 is 0. The van der Waals surface area contributed by atoms with E-state index in [0.717, 1.165) is 36.2 Å². The topological polar surface area (TPSA) is 58.4 Å². The van der Waals surface area contributed by atoms with Gasteiger partial charge in [-0.1, -0.05) is 12.1 Å². The van der Waals surface area contributed by atoms with E-state index in [-0.39, 0.29) is 5.91 Å². The molecule has 1 atom stereocenters. The SMILES string of the molecule is Cc1ccc(C)c(NC(=O)CN2CCCC2CN)c1. The molecule has 0 aromatic heterocycles. The number of carbonyl (C=O) groups excluding carboxylic acids is 1. The molecule has 1 heterocycles. The Labute approximate surface area is 115 Å². The van der Waals surface area contributed by atoms with E-state index < -0.39 is 0 Å². The normalized spacial score (nSPS) is 19.6. The predicted octanol–water partition coefficient (Wildman–Crippen LogP) is 1.67. The standard InChI is InChI=1S/C15H23N3O/c1-11-5-6-12(2)14(8-11)17-15(19)10-18-7-3-4-13(18)9-16/h5-6,8,13H,3-4,7,9-10,16H2,1-2H3,(H,17,19). The van der Waals surface area contributed by atoms with Crippen LogP contribution in [0.2, 0.25) is 0 Å². The molecule has 1 amide bonds. The summed E-state index contributed by atoms with van der Waals surface area (Å²) in [4.78, 5) is 14.3. The van der Waals surface area contributed by atoms with Crippen molar-refractivity contribution in [2.45, 2.75) is 32.7 Å². The van der Waals surface area contributed by atoms with Gasteiger partial charge in [-0.15, -0.1) is 0 Å². The number of anilines is 1. The molecule has 19 heavy (non-hydrogen) atoms. The Morgan fingerprint density at radius 3 is 3.00 bits per heavy atom. The van der Waals surface area contributed by atoms with Gasteiger partial charge in [0.05, 0.1) is 6.54 Å². The van der Waals surface area contributed by atoms with Crippen LogP contribution in [0.25, 0.3) is 0 Å². The molecule has 1 aromatic rings. The smallest absolute Gasteiger partial charge is 0.238 e. The summed E-state index contributed by atoms with van der Waals surface area (Å²) in [6, 6.07) is 6.46. The third-order valence-electron chi connectivity index (χ3n) is 3.79. The number of hydrogen-bond donors (Lipinski definition) is 2. The molecule has 4 heteroatoms. The highest BCUT2D eigenvalue weighted by Gasteiger charge is 2.24. The molecule has 0 saturated carbocycles. The largest absolute Gasteiger partial charge is 0.329 e. The maximum absolute atomic E-state index is 12.1. The lowest BCUT2D eigenvalue weighted by Gasteiger charge is -2.22. The molecule has 1 unspecified atom stereocenters. The molecule has 1 aliphatic rings. The molecule has 4 nitrogen and oxygen atoms in total. The zero-order valence-corrected chi connectivity index (χ0v) is 11.8. The molecular formula is C15H23N3O. The molecule has 1 saturated heterocycles. The summed E-state index contributed by atoms with van der Waals surface area (Å²) in [7, 11) is 0. The van der Waals surface area contributed by atoms with Gasteiger partial charge in [0.15, 0.2) is 0 Å². The molecule has 1 aromatic carbocycles. The fourth-order valence-electron chi connectivity index (χ4n) is 2.61. The van der Waals surface area contributed by atoms with Gasteiger partial charge < -0.3 is 11.1 Å². The molecule has 3 N–H and O–H groups in total. The first kappa shape index (κ1) is 14.0. The number of benzene rings is 1. The molecule has 1 aliphatic heterocycles. The Balaban J connectivity index is 1.95. The average molecular weight is 261 g/mol. The van der Waals surface area contributed by atoms with Crippen LogP contribution < -0.4 is 11.1 Å². The van der Waals surface area contributed by atoms with Crippen molar-refractivity contribution in [2.24, 2.45) is 5.73 Å². The maximum Gasteiger partial charge on any atom is 0.238 e. The lowest BCUT2D eigenvalue weighted by molar-refractivity contribution is -0.117. The zero-order chi connectivity index (χ0) is 13.8. The Bertz CT molecular complexity index is 459. The van der Waals surface area contributed by atoms with Crippen molar-refractivity contribution in [3.8, 4) is 0 Å². The van der Waals surface area contributed by atoms with E-state index in [1.165, 1.54) is 0 Å². The van der Waals surface area contributed by atoms with Crippen LogP contribution in [0.3, 0.4) is 0 Å². The van der Waals surface area contributed by atoms with Crippen LogP contribution in [0.4, 0.5) is 5.69 Å². The summed E-state index contributed by atoms with van der Waals surface area (Å²) in [5.74, 6) is 0.0500. The van der Waals surface area contributed by atoms with Crippen LogP contribution >= 0.6 is 0 Å². The van der Waals surface area contributed by atoms with Crippen LogP contribution in [-0.2, 0) is 4.79 Å². The van der Waals surface area contributed by atoms with Crippen LogP contribution in [0, 0.1) is 13.8 Å². The number of amides is 1. The van der Waals surface area contributed by atoms with Gasteiger partial charge in [-0.25, -0.2) is 0 Å². The van der Waals surface area contributed by atoms with E-state index in [0.29, 0.717) is 19.1 Å². The minimum absolute atomic E-state index is 0.0500. The van der Waals surface area contributed by atoms with Gasteiger partial charge in [0.1, 0.15) is 0 Å². The van der Waals surface area contributed by atoms with Crippen LogP contribution in [-0.4, -0.2) is 36.5 Å². The van der Waals surface area contributed by atoms with E-state index in [1.807, 2.05) is 26.0 Å². The fourth-order valence-corrected chi connectivity index (χ4v) is 2.61. The quantitative estimate of drug-likeness (QED) is 0.866. The minimum Gasteiger partial charge on any atom is -0.329 e. The summed E-state index contributed by atoms with van der Waals surface area (Å²) in [5.41, 5.74) is 8.88. The number of likely N-dealkylation sites (tertiary alicyclic amines) is 1. The molecule has 2 rings (SSSR count). The third kappa shape index (κ3) is 3.55. The number of hydrogen-bond acceptors (Lipinski definition) is 3. The van der Waals surface area contributed by atoms with Crippen molar-refractivity contribution in [2.75, 3.05) is 25.0 Å². The van der Waals surface area contributed by atoms with Gasteiger partial charge in [0.2, 0.25) is 5.91 Å². The first-order chi connectivity index (χ1) is 9.10. The summed E-state index contributed by atoms with van der Waals surface area (Å²) < 4.78 is 0. The first-order valence-electron chi connectivity index (χ1n) is 6.91. The number of nitrogens with one attached hydrogen (secondary N) is 1. The van der Waals surface area contributed by atoms with Crippen molar-refractivity contribution in [1.82, 2.24) is 4.90 Å². The Hall–Kier alpha value is -1.39. The lowest BCUT2D eigenvalue weighted by atomic mass is 10.1. The van der Waals surface area contributed by atoms with Crippen LogP contribution in [0.15, 0.2) is 18.2 Å². The number of aryl methyl sites for hydroxylation is 2. The highest BCUT2D eigenvalue weighted by molar-refractivity contribution is 5.93. The summed E-state index contributed by atoms with van der Waals surface area (Å²) in [6.07, 6.45) is 2.24. The minimum atomic E-state index is 0.0500. The van der Waals surface area contributed by atoms with Crippen LogP contribution in [0.5, 0.6) is 0 Å². The number of rotatable bonds is 4. The molecule has 0 bridgehead atoms. The van der Waals surface area contributed by atoms with Gasteiger partial charge in [0, 0.05) is 18.3 Å². The molecule has 1 fully saturated rings. The third-order valence-corrected chi connectivity index (χ3v) is 3.79. The van der Waals surface area contributed by atoms with Crippen LogP contribution in [0.1, 0.15) is 24.0 Å². The zero-order valence-electron chi connectivity index (χ0n) is 11.8. The van der Waals surface area contributed by atoms with E-state index in [2.05, 4.69) is 16.3 Å². The second-order valence-corrected chi connectivity index (χ2v) is 5.37. The monoisotopic (exact) mass is 261 g/mol. The Kier molecular flexibility index (Phi) is 4.56. The van der Waals surface area contributed by atoms with E-state index in [4.69, 9.17) is 5.73 Å². The fraction of sp³-hybridized carbons (Fsp3) is 0.533. The van der Waals surface area contributed by atoms with Crippen molar-refractivity contribution in [3.63, 3.8) is 0 Å². The van der Waals surface area contributed by atoms with Crippen molar-refractivity contribution in [3.05, 3.63) is 29.3 Å². The highest BCUT2D eigenvalue weighted by Crippen LogP contribution is 2.18. The number of nitrogens with two attached hydrogens (primary N) is 1. The summed E-state index contributed by atoms with van der Waals surface area (Å²) in [5, 5.41) is 3.00. The molecule has 0 aliphatic carbocycles. The van der Waals surface area contributed by atoms with Gasteiger partial charge in [0.25, 0.3) is 0 Å². The van der Waals surface area contributed by atoms with E-state index >= 15 is 0 Å². The van der Waals surface area contributed by atoms with Crippen molar-refractivity contribution in [1.29, 1.82) is 0 Å². The number of carbonyl (C=O) groups is 1. The maximum atomic E-state index is 12.1. The first-order valence-corrected chi connectivity index (χ1v) is 6.91. The predicted molar refractivity (Wildman–Crippen MR) is 78.2 cm³/mol. The van der Waals surface area contributed by atoms with E-state index in [1.54, 1.807) is 0 Å². The second-order valence-electron chi connectivity index (χ2n) is 5.37. The van der Waals surface area contributed by atoms with Gasteiger partial charge >= 0.3 is 0 Å². The second kappa shape index (κ2) is 6.17. The van der Waals surface area contributed by atoms with Gasteiger partial charge in [-0.05, 0) is 50.4 Å². The Morgan fingerprint density at radius 1 is 1.47 bits per heavy atom. The molecular weight excluding hydrogens is 238 g/mol. The van der Waals surface area contributed by atoms with Gasteiger partial charge in [-0.2, -0.15) is 0 Å². The summed E-state index contributed by atoms with van der Waals surface area (Å²) in [6.45, 7) is 6.09. The lowest BCUT2D eigenvalue weighted by Crippen LogP contribution is -2.40. The Morgan fingerprint density at radius 2 is 2.26 bits per heavy atom. The molecule has 104 valence electrons. The average Bonchev–Trinajstić information content (AvgIpc) is 2.81. The molecule has 0 spiro atoms. The van der Waals surface area contributed by atoms with Gasteiger partial charge in [-0.3, -0.25) is 9.69 Å². The molecule has 0 radical (unpaired) electrons.